The quantitative estimate of drug-likeness (QED) is 0.345. The van der Waals surface area contributed by atoms with Gasteiger partial charge in [-0.05, 0) is 38.1 Å². The van der Waals surface area contributed by atoms with E-state index in [2.05, 4.69) is 15.1 Å². The minimum atomic E-state index is -0.0796. The van der Waals surface area contributed by atoms with Gasteiger partial charge in [0.2, 0.25) is 11.7 Å². The van der Waals surface area contributed by atoms with Crippen LogP contribution in [-0.4, -0.2) is 63.0 Å². The third kappa shape index (κ3) is 5.64. The molecule has 0 amide bonds. The Kier molecular flexibility index (Phi) is 8.21. The fraction of sp³-hybridized carbons (Fsp3) is 0.333. The van der Waals surface area contributed by atoms with Gasteiger partial charge in [0.25, 0.3) is 12.4 Å². The smallest absolute Gasteiger partial charge is 0.316 e. The van der Waals surface area contributed by atoms with Crippen molar-refractivity contribution in [2.75, 3.05) is 0 Å². The lowest BCUT2D eigenvalue weighted by molar-refractivity contribution is -0.142. The largest absolute Gasteiger partial charge is 0.490 e. The molecule has 0 N–H and O–H groups in total. The average Bonchev–Trinajstić information content (AvgIpc) is 3.17. The number of nitrogens with zero attached hydrogens (tertiary/aromatic N) is 3. The van der Waals surface area contributed by atoms with Crippen LogP contribution in [0.15, 0.2) is 35.0 Å². The van der Waals surface area contributed by atoms with E-state index in [9.17, 15) is 4.79 Å². The van der Waals surface area contributed by atoms with Gasteiger partial charge in [-0.25, -0.2) is 4.98 Å². The maximum Gasteiger partial charge on any atom is 0.316 e. The highest BCUT2D eigenvalue weighted by Gasteiger charge is 2.32. The van der Waals surface area contributed by atoms with E-state index in [1.807, 2.05) is 13.8 Å². The molecule has 0 atom stereocenters. The van der Waals surface area contributed by atoms with Gasteiger partial charge in [0.05, 0.1) is 16.7 Å². The highest BCUT2D eigenvalue weighted by Crippen LogP contribution is 2.34. The standard InChI is InChI=1S/C21H19Cl2N3O5.Mg.2H/c1-11(2)29-21-18(23)5-12(9-24-21)20-25-19(26-31-20)16-4-3-13(8-17(16)22)30-15-6-14(7-15)28-10-27;;;/h3-5,8-11,14-15H,6-7H2,1-2H3;;;. The molecular formula is C21H21Cl2MgN3O5. The molecule has 1 saturated carbocycles. The van der Waals surface area contributed by atoms with Crippen molar-refractivity contribution < 1.29 is 23.5 Å². The van der Waals surface area contributed by atoms with E-state index in [-0.39, 0.29) is 47.3 Å². The molecule has 166 valence electrons. The van der Waals surface area contributed by atoms with E-state index >= 15 is 0 Å². The van der Waals surface area contributed by atoms with E-state index in [4.69, 9.17) is 41.9 Å². The van der Waals surface area contributed by atoms with Crippen LogP contribution in [0.5, 0.6) is 11.6 Å². The molecule has 32 heavy (non-hydrogen) atoms. The fourth-order valence-electron chi connectivity index (χ4n) is 3.05. The first-order valence-corrected chi connectivity index (χ1v) is 10.4. The summed E-state index contributed by atoms with van der Waals surface area (Å²) in [4.78, 5) is 18.9. The summed E-state index contributed by atoms with van der Waals surface area (Å²) in [6, 6.07) is 6.89. The van der Waals surface area contributed by atoms with Gasteiger partial charge in [-0.15, -0.1) is 0 Å². The van der Waals surface area contributed by atoms with E-state index in [1.165, 1.54) is 0 Å². The molecule has 0 aliphatic heterocycles. The first kappa shape index (κ1) is 24.6. The summed E-state index contributed by atoms with van der Waals surface area (Å²) in [5, 5.41) is 4.78. The van der Waals surface area contributed by atoms with E-state index in [0.29, 0.717) is 57.9 Å². The van der Waals surface area contributed by atoms with Crippen molar-refractivity contribution in [1.82, 2.24) is 15.1 Å². The Labute approximate surface area is 210 Å². The van der Waals surface area contributed by atoms with Crippen molar-refractivity contribution in [2.24, 2.45) is 0 Å². The van der Waals surface area contributed by atoms with Crippen LogP contribution in [0.3, 0.4) is 0 Å². The number of carbonyl (C=O) groups is 1. The zero-order valence-electron chi connectivity index (χ0n) is 16.7. The number of ether oxygens (including phenoxy) is 3. The number of benzene rings is 1. The maximum atomic E-state index is 10.3. The summed E-state index contributed by atoms with van der Waals surface area (Å²) >= 11 is 12.7. The Hall–Kier alpha value is -2.07. The number of carbonyl (C=O) groups excluding carboxylic acids is 1. The third-order valence-corrected chi connectivity index (χ3v) is 5.19. The summed E-state index contributed by atoms with van der Waals surface area (Å²) in [6.07, 6.45) is 2.73. The molecule has 1 aliphatic carbocycles. The molecule has 4 rings (SSSR count). The van der Waals surface area contributed by atoms with Crippen molar-refractivity contribution in [3.63, 3.8) is 0 Å². The van der Waals surface area contributed by atoms with Gasteiger partial charge in [0.1, 0.15) is 23.0 Å². The maximum absolute atomic E-state index is 10.3. The number of rotatable bonds is 8. The summed E-state index contributed by atoms with van der Waals surface area (Å²) in [5.41, 5.74) is 1.16. The zero-order chi connectivity index (χ0) is 22.0. The minimum Gasteiger partial charge on any atom is -0.490 e. The Morgan fingerprint density at radius 2 is 1.94 bits per heavy atom. The highest BCUT2D eigenvalue weighted by molar-refractivity contribution is 6.33. The van der Waals surface area contributed by atoms with Gasteiger partial charge in [-0.2, -0.15) is 4.98 Å². The molecule has 1 fully saturated rings. The number of aromatic nitrogens is 3. The van der Waals surface area contributed by atoms with Crippen molar-refractivity contribution in [1.29, 1.82) is 0 Å². The van der Waals surface area contributed by atoms with Crippen molar-refractivity contribution >= 4 is 52.7 Å². The molecule has 3 aromatic rings. The summed E-state index contributed by atoms with van der Waals surface area (Å²) in [7, 11) is 0. The second-order valence-electron chi connectivity index (χ2n) is 7.31. The Balaban J connectivity index is 0.00000289. The van der Waals surface area contributed by atoms with Gasteiger partial charge < -0.3 is 18.7 Å². The monoisotopic (exact) mass is 489 g/mol. The van der Waals surface area contributed by atoms with Crippen LogP contribution >= 0.6 is 23.2 Å². The predicted octanol–water partition coefficient (Wildman–Crippen LogP) is 4.06. The molecule has 0 saturated heterocycles. The van der Waals surface area contributed by atoms with Crippen molar-refractivity contribution in [3.8, 4) is 34.5 Å². The Bertz CT molecular complexity index is 1090. The normalized spacial score (nSPS) is 17.3. The molecule has 2 heterocycles. The third-order valence-electron chi connectivity index (χ3n) is 4.61. The second-order valence-corrected chi connectivity index (χ2v) is 8.12. The SMILES string of the molecule is CC(C)Oc1ncc(-c2nc(-c3ccc(OC4CC(OC=O)C4)cc3Cl)no2)cc1Cl.[MgH2]. The van der Waals surface area contributed by atoms with Crippen LogP contribution in [0.1, 0.15) is 26.7 Å². The van der Waals surface area contributed by atoms with E-state index in [1.54, 1.807) is 30.5 Å². The van der Waals surface area contributed by atoms with Gasteiger partial charge in [0, 0.05) is 24.6 Å². The molecule has 11 heteroatoms. The first-order chi connectivity index (χ1) is 14.9. The lowest BCUT2D eigenvalue weighted by Crippen LogP contribution is -2.39. The molecule has 1 aromatic carbocycles. The summed E-state index contributed by atoms with van der Waals surface area (Å²) in [6.45, 7) is 4.24. The van der Waals surface area contributed by atoms with Gasteiger partial charge in [0.15, 0.2) is 0 Å². The molecule has 8 nitrogen and oxygen atoms in total. The molecular weight excluding hydrogens is 469 g/mol. The highest BCUT2D eigenvalue weighted by atomic mass is 35.5. The Morgan fingerprint density at radius 1 is 1.16 bits per heavy atom. The topological polar surface area (TPSA) is 96.6 Å². The van der Waals surface area contributed by atoms with Crippen LogP contribution in [-0.2, 0) is 9.53 Å². The van der Waals surface area contributed by atoms with Crippen LogP contribution in [0, 0.1) is 0 Å². The number of hydrogen-bond donors (Lipinski definition) is 0. The summed E-state index contributed by atoms with van der Waals surface area (Å²) < 4.78 is 21.6. The second kappa shape index (κ2) is 10.7. The van der Waals surface area contributed by atoms with Crippen LogP contribution < -0.4 is 9.47 Å². The van der Waals surface area contributed by atoms with Crippen LogP contribution in [0.25, 0.3) is 22.8 Å². The molecule has 0 unspecified atom stereocenters. The molecule has 0 radical (unpaired) electrons. The lowest BCUT2D eigenvalue weighted by Gasteiger charge is -2.33. The minimum absolute atomic E-state index is 0. The zero-order valence-corrected chi connectivity index (χ0v) is 18.3. The molecule has 1 aliphatic rings. The molecule has 0 spiro atoms. The Morgan fingerprint density at radius 3 is 2.59 bits per heavy atom. The molecule has 2 aromatic heterocycles. The predicted molar refractivity (Wildman–Crippen MR) is 122 cm³/mol. The van der Waals surface area contributed by atoms with Gasteiger partial charge >= 0.3 is 23.1 Å². The number of pyridine rings is 1. The van der Waals surface area contributed by atoms with Crippen LogP contribution in [0.2, 0.25) is 10.0 Å². The molecule has 0 bridgehead atoms. The average molecular weight is 491 g/mol. The van der Waals surface area contributed by atoms with E-state index < -0.39 is 0 Å². The van der Waals surface area contributed by atoms with E-state index in [0.717, 1.165) is 0 Å². The van der Waals surface area contributed by atoms with Crippen molar-refractivity contribution in [3.05, 3.63) is 40.5 Å². The van der Waals surface area contributed by atoms with Gasteiger partial charge in [-0.3, -0.25) is 4.79 Å². The fourth-order valence-corrected chi connectivity index (χ4v) is 3.51. The van der Waals surface area contributed by atoms with Gasteiger partial charge in [-0.1, -0.05) is 28.4 Å². The van der Waals surface area contributed by atoms with Crippen LogP contribution in [0.4, 0.5) is 0 Å². The summed E-state index contributed by atoms with van der Waals surface area (Å²) in [5.74, 6) is 1.54. The first-order valence-electron chi connectivity index (χ1n) is 9.65. The van der Waals surface area contributed by atoms with Crippen molar-refractivity contribution in [2.45, 2.75) is 45.0 Å². The lowest BCUT2D eigenvalue weighted by atomic mass is 9.92. The number of hydrogen-bond acceptors (Lipinski definition) is 8. The number of halogens is 2.